The Kier molecular flexibility index (Phi) is 5.42. The molecule has 3 heterocycles. The van der Waals surface area contributed by atoms with E-state index in [0.717, 1.165) is 50.0 Å². The lowest BCUT2D eigenvalue weighted by atomic mass is 10.1. The molecule has 5 nitrogen and oxygen atoms in total. The van der Waals surface area contributed by atoms with E-state index in [2.05, 4.69) is 33.0 Å². The van der Waals surface area contributed by atoms with E-state index in [1.807, 2.05) is 18.3 Å². The van der Waals surface area contributed by atoms with Crippen molar-refractivity contribution in [3.8, 4) is 11.6 Å². The van der Waals surface area contributed by atoms with Crippen LogP contribution < -0.4 is 9.47 Å². The van der Waals surface area contributed by atoms with Crippen LogP contribution in [0.3, 0.4) is 0 Å². The van der Waals surface area contributed by atoms with Crippen LogP contribution in [0.4, 0.5) is 0 Å². The highest BCUT2D eigenvalue weighted by Gasteiger charge is 2.27. The van der Waals surface area contributed by atoms with Crippen LogP contribution in [0.15, 0.2) is 36.5 Å². The number of hydrogen-bond donors (Lipinski definition) is 0. The van der Waals surface area contributed by atoms with Crippen LogP contribution in [0, 0.1) is 5.92 Å². The zero-order chi connectivity index (χ0) is 19.6. The van der Waals surface area contributed by atoms with Crippen LogP contribution in [0.2, 0.25) is 0 Å². The summed E-state index contributed by atoms with van der Waals surface area (Å²) in [7, 11) is 1.72. The highest BCUT2D eigenvalue weighted by molar-refractivity contribution is 5.38. The number of ether oxygens (including phenoxy) is 2. The molecule has 2 fully saturated rings. The first-order chi connectivity index (χ1) is 14.2. The predicted octanol–water partition coefficient (Wildman–Crippen LogP) is 3.86. The standard InChI is InChI=1S/C24H31N3O2/c1-28-23-6-5-20-16-27(17-21(20)12-23)15-19-4-7-24(25-13-19)29-22-8-10-26(11-9-22)14-18-2-3-18/h4-7,12-13,18,22H,2-3,8-11,14-17H2,1H3. The lowest BCUT2D eigenvalue weighted by molar-refractivity contribution is 0.0944. The Morgan fingerprint density at radius 2 is 1.79 bits per heavy atom. The summed E-state index contributed by atoms with van der Waals surface area (Å²) in [6.45, 7) is 6.48. The quantitative estimate of drug-likeness (QED) is 0.714. The summed E-state index contributed by atoms with van der Waals surface area (Å²) in [5.74, 6) is 2.68. The maximum atomic E-state index is 6.16. The molecule has 5 rings (SSSR count). The Morgan fingerprint density at radius 3 is 2.52 bits per heavy atom. The molecule has 1 saturated carbocycles. The topological polar surface area (TPSA) is 37.8 Å². The van der Waals surface area contributed by atoms with Gasteiger partial charge in [-0.3, -0.25) is 4.90 Å². The van der Waals surface area contributed by atoms with Crippen LogP contribution in [0.5, 0.6) is 11.6 Å². The van der Waals surface area contributed by atoms with Crippen molar-refractivity contribution in [3.63, 3.8) is 0 Å². The molecule has 2 aromatic rings. The Hall–Kier alpha value is -2.11. The van der Waals surface area contributed by atoms with E-state index in [9.17, 15) is 0 Å². The number of nitrogens with zero attached hydrogens (tertiary/aromatic N) is 3. The van der Waals surface area contributed by atoms with Gasteiger partial charge in [-0.05, 0) is 60.4 Å². The van der Waals surface area contributed by atoms with Crippen LogP contribution >= 0.6 is 0 Å². The zero-order valence-corrected chi connectivity index (χ0v) is 17.3. The summed E-state index contributed by atoms with van der Waals surface area (Å²) in [6, 6.07) is 10.6. The van der Waals surface area contributed by atoms with E-state index in [1.54, 1.807) is 7.11 Å². The maximum Gasteiger partial charge on any atom is 0.213 e. The van der Waals surface area contributed by atoms with Gasteiger partial charge in [0, 0.05) is 51.5 Å². The molecule has 3 aliphatic rings. The van der Waals surface area contributed by atoms with Crippen molar-refractivity contribution in [1.29, 1.82) is 0 Å². The number of piperidine rings is 1. The Bertz CT molecular complexity index is 827. The third-order valence-corrected chi connectivity index (χ3v) is 6.44. The summed E-state index contributed by atoms with van der Waals surface area (Å²) in [5, 5.41) is 0. The molecule has 0 spiro atoms. The minimum Gasteiger partial charge on any atom is -0.497 e. The van der Waals surface area contributed by atoms with Crippen molar-refractivity contribution in [3.05, 3.63) is 53.2 Å². The number of pyridine rings is 1. The van der Waals surface area contributed by atoms with Gasteiger partial charge in [0.05, 0.1) is 7.11 Å². The number of hydrogen-bond acceptors (Lipinski definition) is 5. The number of methoxy groups -OCH3 is 1. The molecule has 0 N–H and O–H groups in total. The van der Waals surface area contributed by atoms with E-state index in [0.29, 0.717) is 6.10 Å². The fraction of sp³-hybridized carbons (Fsp3) is 0.542. The highest BCUT2D eigenvalue weighted by Crippen LogP contribution is 2.31. The SMILES string of the molecule is COc1ccc2c(c1)CN(Cc1ccc(OC3CCN(CC4CC4)CC3)nc1)C2. The lowest BCUT2D eigenvalue weighted by Gasteiger charge is -2.31. The first kappa shape index (κ1) is 18.9. The average Bonchev–Trinajstić information content (AvgIpc) is 3.47. The van der Waals surface area contributed by atoms with Gasteiger partial charge in [0.2, 0.25) is 5.88 Å². The molecule has 1 aromatic carbocycles. The second-order valence-electron chi connectivity index (χ2n) is 8.85. The van der Waals surface area contributed by atoms with Gasteiger partial charge in [0.15, 0.2) is 0 Å². The fourth-order valence-electron chi connectivity index (χ4n) is 4.56. The van der Waals surface area contributed by atoms with Gasteiger partial charge in [0.1, 0.15) is 11.9 Å². The van der Waals surface area contributed by atoms with Crippen molar-refractivity contribution in [2.75, 3.05) is 26.7 Å². The van der Waals surface area contributed by atoms with Crippen LogP contribution in [-0.2, 0) is 19.6 Å². The molecule has 0 unspecified atom stereocenters. The number of likely N-dealkylation sites (tertiary alicyclic amines) is 1. The fourth-order valence-corrected chi connectivity index (χ4v) is 4.56. The van der Waals surface area contributed by atoms with Gasteiger partial charge in [0.25, 0.3) is 0 Å². The number of benzene rings is 1. The Morgan fingerprint density at radius 1 is 0.966 bits per heavy atom. The molecule has 0 atom stereocenters. The lowest BCUT2D eigenvalue weighted by Crippen LogP contribution is -2.39. The molecule has 5 heteroatoms. The van der Waals surface area contributed by atoms with Gasteiger partial charge in [-0.25, -0.2) is 4.98 Å². The van der Waals surface area contributed by atoms with Gasteiger partial charge in [-0.1, -0.05) is 12.1 Å². The summed E-state index contributed by atoms with van der Waals surface area (Å²) in [4.78, 5) is 9.64. The van der Waals surface area contributed by atoms with Crippen molar-refractivity contribution in [2.45, 2.75) is 51.4 Å². The third-order valence-electron chi connectivity index (χ3n) is 6.44. The average molecular weight is 394 g/mol. The second-order valence-corrected chi connectivity index (χ2v) is 8.85. The molecule has 0 amide bonds. The zero-order valence-electron chi connectivity index (χ0n) is 17.3. The van der Waals surface area contributed by atoms with Crippen LogP contribution in [0.1, 0.15) is 42.4 Å². The maximum absolute atomic E-state index is 6.16. The van der Waals surface area contributed by atoms with Crippen molar-refractivity contribution in [2.24, 2.45) is 5.92 Å². The minimum atomic E-state index is 0.312. The molecule has 1 aliphatic carbocycles. The summed E-state index contributed by atoms with van der Waals surface area (Å²) < 4.78 is 11.5. The van der Waals surface area contributed by atoms with E-state index in [4.69, 9.17) is 9.47 Å². The number of fused-ring (bicyclic) bond motifs is 1. The second kappa shape index (κ2) is 8.33. The number of rotatable bonds is 7. The van der Waals surface area contributed by atoms with Gasteiger partial charge in [-0.2, -0.15) is 0 Å². The van der Waals surface area contributed by atoms with Crippen molar-refractivity contribution in [1.82, 2.24) is 14.8 Å². The minimum absolute atomic E-state index is 0.312. The van der Waals surface area contributed by atoms with Crippen molar-refractivity contribution >= 4 is 0 Å². The highest BCUT2D eigenvalue weighted by atomic mass is 16.5. The van der Waals surface area contributed by atoms with E-state index in [1.165, 1.54) is 49.2 Å². The summed E-state index contributed by atoms with van der Waals surface area (Å²) >= 11 is 0. The largest absolute Gasteiger partial charge is 0.497 e. The van der Waals surface area contributed by atoms with Gasteiger partial charge >= 0.3 is 0 Å². The molecular formula is C24H31N3O2. The van der Waals surface area contributed by atoms with Gasteiger partial charge < -0.3 is 14.4 Å². The van der Waals surface area contributed by atoms with Crippen LogP contribution in [-0.4, -0.2) is 47.6 Å². The number of aromatic nitrogens is 1. The molecule has 154 valence electrons. The molecule has 0 radical (unpaired) electrons. The summed E-state index contributed by atoms with van der Waals surface area (Å²) in [6.07, 6.45) is 7.39. The Balaban J connectivity index is 1.10. The molecule has 2 aliphatic heterocycles. The monoisotopic (exact) mass is 393 g/mol. The molecule has 29 heavy (non-hydrogen) atoms. The van der Waals surface area contributed by atoms with Gasteiger partial charge in [-0.15, -0.1) is 0 Å². The molecule has 1 saturated heterocycles. The van der Waals surface area contributed by atoms with Crippen molar-refractivity contribution < 1.29 is 9.47 Å². The molecule has 0 bridgehead atoms. The smallest absolute Gasteiger partial charge is 0.213 e. The van der Waals surface area contributed by atoms with E-state index in [-0.39, 0.29) is 0 Å². The third kappa shape index (κ3) is 4.73. The Labute approximate surface area is 173 Å². The summed E-state index contributed by atoms with van der Waals surface area (Å²) in [5.41, 5.74) is 3.99. The predicted molar refractivity (Wildman–Crippen MR) is 113 cm³/mol. The first-order valence-electron chi connectivity index (χ1n) is 11.0. The van der Waals surface area contributed by atoms with E-state index < -0.39 is 0 Å². The molecular weight excluding hydrogens is 362 g/mol. The molecule has 1 aromatic heterocycles. The first-order valence-corrected chi connectivity index (χ1v) is 11.0. The van der Waals surface area contributed by atoms with Crippen LogP contribution in [0.25, 0.3) is 0 Å². The normalized spacial score (nSPS) is 20.6. The van der Waals surface area contributed by atoms with E-state index >= 15 is 0 Å².